The Kier molecular flexibility index (Phi) is 4.06. The van der Waals surface area contributed by atoms with E-state index < -0.39 is 40.1 Å². The van der Waals surface area contributed by atoms with Crippen LogP contribution in [0.2, 0.25) is 0 Å². The van der Waals surface area contributed by atoms with E-state index in [9.17, 15) is 23.3 Å². The Hall–Kier alpha value is -2.64. The normalized spacial score (nSPS) is 12.0. The van der Waals surface area contributed by atoms with Crippen LogP contribution in [0, 0.1) is 27.7 Å². The van der Waals surface area contributed by atoms with Crippen LogP contribution in [-0.4, -0.2) is 9.91 Å². The molecule has 0 spiro atoms. The molecule has 8 heteroatoms. The van der Waals surface area contributed by atoms with Gasteiger partial charge in [0.15, 0.2) is 5.82 Å². The summed E-state index contributed by atoms with van der Waals surface area (Å²) in [5.74, 6) is -3.66. The highest BCUT2D eigenvalue weighted by atomic mass is 19.2. The molecule has 1 N–H and O–H groups in total. The maximum absolute atomic E-state index is 13.1. The van der Waals surface area contributed by atoms with Gasteiger partial charge in [-0.3, -0.25) is 10.1 Å². The highest BCUT2D eigenvalue weighted by Gasteiger charge is 2.22. The lowest BCUT2D eigenvalue weighted by Crippen LogP contribution is -2.11. The van der Waals surface area contributed by atoms with Gasteiger partial charge in [-0.1, -0.05) is 12.1 Å². The molecule has 2 rings (SSSR count). The zero-order chi connectivity index (χ0) is 15.6. The Morgan fingerprint density at radius 2 is 1.86 bits per heavy atom. The molecule has 0 radical (unpaired) electrons. The lowest BCUT2D eigenvalue weighted by atomic mass is 10.1. The number of pyridine rings is 1. The summed E-state index contributed by atoms with van der Waals surface area (Å²) in [4.78, 5) is 13.2. The van der Waals surface area contributed by atoms with Crippen LogP contribution in [0.15, 0.2) is 30.3 Å². The molecule has 0 unspecified atom stereocenters. The van der Waals surface area contributed by atoms with Crippen molar-refractivity contribution >= 4 is 11.5 Å². The minimum Gasteiger partial charge on any atom is -0.358 e. The summed E-state index contributed by atoms with van der Waals surface area (Å²) in [6.45, 7) is 1.62. The molecule has 0 amide bonds. The summed E-state index contributed by atoms with van der Waals surface area (Å²) in [6.07, 6.45) is 0. The van der Waals surface area contributed by atoms with Crippen molar-refractivity contribution in [2.75, 3.05) is 5.32 Å². The Morgan fingerprint density at radius 3 is 2.43 bits per heavy atom. The van der Waals surface area contributed by atoms with E-state index in [2.05, 4.69) is 10.3 Å². The fraction of sp³-hybridized carbons (Fsp3) is 0.154. The van der Waals surface area contributed by atoms with Gasteiger partial charge in [0.05, 0.1) is 17.0 Å². The summed E-state index contributed by atoms with van der Waals surface area (Å²) < 4.78 is 39.0. The van der Waals surface area contributed by atoms with Gasteiger partial charge in [0.1, 0.15) is 5.82 Å². The smallest absolute Gasteiger partial charge is 0.314 e. The predicted molar refractivity (Wildman–Crippen MR) is 69.2 cm³/mol. The number of aromatic nitrogens is 1. The number of rotatable bonds is 4. The zero-order valence-electron chi connectivity index (χ0n) is 10.8. The van der Waals surface area contributed by atoms with Gasteiger partial charge in [0, 0.05) is 0 Å². The van der Waals surface area contributed by atoms with Crippen LogP contribution in [-0.2, 0) is 0 Å². The molecule has 1 atom stereocenters. The Labute approximate surface area is 117 Å². The molecule has 2 aromatic rings. The standard InChI is InChI=1S/C13H10F3N3O2/c1-7(8-2-4-9(14)5-3-8)17-13-11(19(20)21)6-10(15)12(16)18-13/h2-7H,1H3,(H,17,18)/t7-/m0/s1. The Bertz CT molecular complexity index is 677. The first-order valence-electron chi connectivity index (χ1n) is 5.91. The number of nitro groups is 1. The minimum absolute atomic E-state index is 0.393. The summed E-state index contributed by atoms with van der Waals surface area (Å²) >= 11 is 0. The van der Waals surface area contributed by atoms with Crippen LogP contribution >= 0.6 is 0 Å². The highest BCUT2D eigenvalue weighted by Crippen LogP contribution is 2.27. The fourth-order valence-electron chi connectivity index (χ4n) is 1.74. The summed E-state index contributed by atoms with van der Waals surface area (Å²) in [7, 11) is 0. The van der Waals surface area contributed by atoms with Crippen molar-refractivity contribution in [2.24, 2.45) is 0 Å². The van der Waals surface area contributed by atoms with Crippen molar-refractivity contribution in [1.82, 2.24) is 4.98 Å². The van der Waals surface area contributed by atoms with E-state index in [4.69, 9.17) is 0 Å². The summed E-state index contributed by atoms with van der Waals surface area (Å²) in [6, 6.07) is 5.34. The van der Waals surface area contributed by atoms with Gasteiger partial charge >= 0.3 is 5.69 Å². The van der Waals surface area contributed by atoms with Crippen LogP contribution in [0.4, 0.5) is 24.7 Å². The largest absolute Gasteiger partial charge is 0.358 e. The first kappa shape index (κ1) is 14.8. The number of nitrogens with zero attached hydrogens (tertiary/aromatic N) is 2. The SMILES string of the molecule is C[C@H](Nc1nc(F)c(F)cc1[N+](=O)[O-])c1ccc(F)cc1. The van der Waals surface area contributed by atoms with E-state index in [1.54, 1.807) is 6.92 Å². The number of benzene rings is 1. The first-order chi connectivity index (χ1) is 9.88. The van der Waals surface area contributed by atoms with Gasteiger partial charge in [-0.25, -0.2) is 8.78 Å². The van der Waals surface area contributed by atoms with Gasteiger partial charge in [0.25, 0.3) is 5.95 Å². The van der Waals surface area contributed by atoms with Crippen LogP contribution in [0.1, 0.15) is 18.5 Å². The molecular weight excluding hydrogens is 287 g/mol. The molecule has 0 fully saturated rings. The van der Waals surface area contributed by atoms with E-state index in [-0.39, 0.29) is 0 Å². The molecule has 0 aliphatic heterocycles. The molecule has 0 aliphatic rings. The molecule has 0 bridgehead atoms. The molecule has 110 valence electrons. The quantitative estimate of drug-likeness (QED) is 0.532. The van der Waals surface area contributed by atoms with Crippen molar-refractivity contribution in [3.05, 3.63) is 63.6 Å². The predicted octanol–water partition coefficient (Wildman–Crippen LogP) is 3.58. The molecule has 1 aromatic carbocycles. The lowest BCUT2D eigenvalue weighted by Gasteiger charge is -2.15. The molecule has 5 nitrogen and oxygen atoms in total. The molecule has 0 aliphatic carbocycles. The maximum Gasteiger partial charge on any atom is 0.314 e. The maximum atomic E-state index is 13.1. The van der Waals surface area contributed by atoms with Gasteiger partial charge in [-0.05, 0) is 24.6 Å². The fourth-order valence-corrected chi connectivity index (χ4v) is 1.74. The topological polar surface area (TPSA) is 68.1 Å². The number of halogens is 3. The van der Waals surface area contributed by atoms with Crippen LogP contribution in [0.5, 0.6) is 0 Å². The molecule has 21 heavy (non-hydrogen) atoms. The van der Waals surface area contributed by atoms with E-state index in [0.717, 1.165) is 0 Å². The zero-order valence-corrected chi connectivity index (χ0v) is 10.8. The molecule has 1 aromatic heterocycles. The van der Waals surface area contributed by atoms with Crippen molar-refractivity contribution in [2.45, 2.75) is 13.0 Å². The number of hydrogen-bond donors (Lipinski definition) is 1. The van der Waals surface area contributed by atoms with E-state index in [0.29, 0.717) is 11.6 Å². The van der Waals surface area contributed by atoms with E-state index in [1.165, 1.54) is 24.3 Å². The third-order valence-corrected chi connectivity index (χ3v) is 2.83. The van der Waals surface area contributed by atoms with Gasteiger partial charge in [-0.2, -0.15) is 9.37 Å². The Morgan fingerprint density at radius 1 is 1.24 bits per heavy atom. The average molecular weight is 297 g/mol. The monoisotopic (exact) mass is 297 g/mol. The third-order valence-electron chi connectivity index (χ3n) is 2.83. The first-order valence-corrected chi connectivity index (χ1v) is 5.91. The number of nitrogens with one attached hydrogen (secondary N) is 1. The van der Waals surface area contributed by atoms with Gasteiger partial charge in [0.2, 0.25) is 5.82 Å². The van der Waals surface area contributed by atoms with Gasteiger partial charge in [-0.15, -0.1) is 0 Å². The van der Waals surface area contributed by atoms with E-state index >= 15 is 0 Å². The second-order valence-corrected chi connectivity index (χ2v) is 4.30. The van der Waals surface area contributed by atoms with Crippen LogP contribution in [0.3, 0.4) is 0 Å². The summed E-state index contributed by atoms with van der Waals surface area (Å²) in [5.41, 5.74) is -0.0694. The van der Waals surface area contributed by atoms with Gasteiger partial charge < -0.3 is 5.32 Å². The number of anilines is 1. The minimum atomic E-state index is -1.44. The third kappa shape index (κ3) is 3.28. The van der Waals surface area contributed by atoms with Crippen molar-refractivity contribution in [1.29, 1.82) is 0 Å². The lowest BCUT2D eigenvalue weighted by molar-refractivity contribution is -0.384. The average Bonchev–Trinajstić information content (AvgIpc) is 2.43. The van der Waals surface area contributed by atoms with Crippen molar-refractivity contribution < 1.29 is 18.1 Å². The van der Waals surface area contributed by atoms with Crippen LogP contribution in [0.25, 0.3) is 0 Å². The molecule has 1 heterocycles. The summed E-state index contributed by atoms with van der Waals surface area (Å²) in [5, 5.41) is 13.4. The highest BCUT2D eigenvalue weighted by molar-refractivity contribution is 5.56. The molecule has 0 saturated heterocycles. The second kappa shape index (κ2) is 5.78. The van der Waals surface area contributed by atoms with Crippen molar-refractivity contribution in [3.8, 4) is 0 Å². The number of hydrogen-bond acceptors (Lipinski definition) is 4. The second-order valence-electron chi connectivity index (χ2n) is 4.30. The van der Waals surface area contributed by atoms with E-state index in [1.807, 2.05) is 0 Å². The Balaban J connectivity index is 2.32. The molecular formula is C13H10F3N3O2. The van der Waals surface area contributed by atoms with Crippen LogP contribution < -0.4 is 5.32 Å². The molecule has 0 saturated carbocycles. The van der Waals surface area contributed by atoms with Crippen molar-refractivity contribution in [3.63, 3.8) is 0 Å².